The number of piperidine rings is 1. The van der Waals surface area contributed by atoms with Gasteiger partial charge in [-0.25, -0.2) is 0 Å². The summed E-state index contributed by atoms with van der Waals surface area (Å²) in [6, 6.07) is 0.387. The highest BCUT2D eigenvalue weighted by molar-refractivity contribution is 7.15. The Bertz CT molecular complexity index is 642. The maximum absolute atomic E-state index is 5.90. The second kappa shape index (κ2) is 5.03. The van der Waals surface area contributed by atoms with Gasteiger partial charge in [0, 0.05) is 13.2 Å². The summed E-state index contributed by atoms with van der Waals surface area (Å²) in [7, 11) is 0. The fourth-order valence-electron chi connectivity index (χ4n) is 3.23. The summed E-state index contributed by atoms with van der Waals surface area (Å²) in [6.45, 7) is 5.46. The molecule has 0 saturated carbocycles. The zero-order chi connectivity index (χ0) is 14.4. The zero-order valence-corrected chi connectivity index (χ0v) is 12.8. The topological polar surface area (TPSA) is 77.2 Å². The maximum atomic E-state index is 5.90. The van der Waals surface area contributed by atoms with E-state index in [1.54, 1.807) is 11.3 Å². The van der Waals surface area contributed by atoms with Crippen LogP contribution in [0.4, 0.5) is 5.13 Å². The minimum absolute atomic E-state index is 0.190. The maximum Gasteiger partial charge on any atom is 0.231 e. The van der Waals surface area contributed by atoms with Gasteiger partial charge in [0.1, 0.15) is 5.01 Å². The molecule has 0 aromatic carbocycles. The standard InChI is InChI=1S/C13H17N5O2S/c1-7-14-12(20-17-7)9-5-11-10(3-4-19-11)18(6-9)13-16-15-8(2)21-13/h9-11H,3-6H2,1-2H3/t9-,10-,11-/m1/s1. The molecule has 112 valence electrons. The van der Waals surface area contributed by atoms with Crippen LogP contribution in [0.25, 0.3) is 0 Å². The number of ether oxygens (including phenoxy) is 1. The largest absolute Gasteiger partial charge is 0.376 e. The predicted molar refractivity (Wildman–Crippen MR) is 76.5 cm³/mol. The minimum Gasteiger partial charge on any atom is -0.376 e. The fraction of sp³-hybridized carbons (Fsp3) is 0.692. The highest BCUT2D eigenvalue weighted by Crippen LogP contribution is 2.38. The van der Waals surface area contributed by atoms with E-state index < -0.39 is 0 Å². The first kappa shape index (κ1) is 13.1. The van der Waals surface area contributed by atoms with Gasteiger partial charge in [-0.3, -0.25) is 0 Å². The minimum atomic E-state index is 0.190. The molecule has 2 aliphatic rings. The molecule has 2 aromatic heterocycles. The summed E-state index contributed by atoms with van der Waals surface area (Å²) in [6.07, 6.45) is 2.18. The van der Waals surface area contributed by atoms with Crippen molar-refractivity contribution in [1.82, 2.24) is 20.3 Å². The molecule has 2 aromatic rings. The summed E-state index contributed by atoms with van der Waals surface area (Å²) in [5, 5.41) is 14.3. The van der Waals surface area contributed by atoms with Crippen LogP contribution in [0.5, 0.6) is 0 Å². The number of fused-ring (bicyclic) bond motifs is 1. The third kappa shape index (κ3) is 2.32. The molecule has 2 aliphatic heterocycles. The van der Waals surface area contributed by atoms with Crippen LogP contribution in [0.15, 0.2) is 4.52 Å². The molecule has 7 nitrogen and oxygen atoms in total. The van der Waals surface area contributed by atoms with Crippen LogP contribution in [0.2, 0.25) is 0 Å². The van der Waals surface area contributed by atoms with Gasteiger partial charge in [-0.15, -0.1) is 10.2 Å². The van der Waals surface area contributed by atoms with Crippen molar-refractivity contribution < 1.29 is 9.26 Å². The molecule has 21 heavy (non-hydrogen) atoms. The van der Waals surface area contributed by atoms with E-state index in [2.05, 4.69) is 25.2 Å². The van der Waals surface area contributed by atoms with Crippen LogP contribution in [-0.2, 0) is 4.74 Å². The lowest BCUT2D eigenvalue weighted by atomic mass is 9.90. The van der Waals surface area contributed by atoms with Gasteiger partial charge < -0.3 is 14.2 Å². The molecule has 2 fully saturated rings. The molecule has 4 heterocycles. The van der Waals surface area contributed by atoms with Crippen LogP contribution in [0.3, 0.4) is 0 Å². The predicted octanol–water partition coefficient (Wildman–Crippen LogP) is 1.69. The SMILES string of the molecule is Cc1noc([C@@H]2C[C@H]3OCC[C@H]3N(c3nnc(C)s3)C2)n1. The third-order valence-corrected chi connectivity index (χ3v) is 5.04. The molecule has 0 bridgehead atoms. The van der Waals surface area contributed by atoms with Crippen LogP contribution < -0.4 is 4.90 Å². The smallest absolute Gasteiger partial charge is 0.231 e. The van der Waals surface area contributed by atoms with E-state index in [1.807, 2.05) is 13.8 Å². The summed E-state index contributed by atoms with van der Waals surface area (Å²) in [5.74, 6) is 1.57. The van der Waals surface area contributed by atoms with Crippen molar-refractivity contribution in [3.05, 3.63) is 16.7 Å². The quantitative estimate of drug-likeness (QED) is 0.835. The lowest BCUT2D eigenvalue weighted by Gasteiger charge is -2.39. The number of rotatable bonds is 2. The second-order valence-corrected chi connectivity index (χ2v) is 6.79. The zero-order valence-electron chi connectivity index (χ0n) is 12.0. The normalized spacial score (nSPS) is 28.9. The molecular formula is C13H17N5O2S. The Kier molecular flexibility index (Phi) is 3.15. The first-order chi connectivity index (χ1) is 10.2. The lowest BCUT2D eigenvalue weighted by molar-refractivity contribution is 0.0759. The van der Waals surface area contributed by atoms with Crippen molar-refractivity contribution in [3.8, 4) is 0 Å². The number of anilines is 1. The molecular weight excluding hydrogens is 290 g/mol. The van der Waals surface area contributed by atoms with E-state index in [0.29, 0.717) is 17.8 Å². The van der Waals surface area contributed by atoms with Gasteiger partial charge in [-0.05, 0) is 26.7 Å². The average molecular weight is 307 g/mol. The second-order valence-electron chi connectivity index (χ2n) is 5.63. The number of aromatic nitrogens is 4. The van der Waals surface area contributed by atoms with Gasteiger partial charge in [0.25, 0.3) is 0 Å². The Balaban J connectivity index is 1.64. The Hall–Kier alpha value is -1.54. The first-order valence-corrected chi connectivity index (χ1v) is 8.01. The molecule has 2 saturated heterocycles. The molecule has 0 N–H and O–H groups in total. The van der Waals surface area contributed by atoms with Gasteiger partial charge in [-0.1, -0.05) is 16.5 Å². The molecule has 4 rings (SSSR count). The van der Waals surface area contributed by atoms with E-state index in [4.69, 9.17) is 9.26 Å². The van der Waals surface area contributed by atoms with Gasteiger partial charge in [0.2, 0.25) is 11.0 Å². The summed E-state index contributed by atoms with van der Waals surface area (Å²) in [5.41, 5.74) is 0. The molecule has 8 heteroatoms. The third-order valence-electron chi connectivity index (χ3n) is 4.16. The monoisotopic (exact) mass is 307 g/mol. The Morgan fingerprint density at radius 2 is 2.19 bits per heavy atom. The van der Waals surface area contributed by atoms with E-state index in [1.165, 1.54) is 0 Å². The van der Waals surface area contributed by atoms with E-state index in [0.717, 1.165) is 36.1 Å². The van der Waals surface area contributed by atoms with E-state index in [-0.39, 0.29) is 12.0 Å². The van der Waals surface area contributed by atoms with Crippen LogP contribution in [-0.4, -0.2) is 45.6 Å². The van der Waals surface area contributed by atoms with E-state index in [9.17, 15) is 0 Å². The number of hydrogen-bond donors (Lipinski definition) is 0. The Morgan fingerprint density at radius 1 is 1.29 bits per heavy atom. The summed E-state index contributed by atoms with van der Waals surface area (Å²) < 4.78 is 11.3. The molecule has 0 unspecified atom stereocenters. The number of hydrogen-bond acceptors (Lipinski definition) is 8. The van der Waals surface area contributed by atoms with Crippen molar-refractivity contribution in [3.63, 3.8) is 0 Å². The van der Waals surface area contributed by atoms with Crippen LogP contribution >= 0.6 is 11.3 Å². The van der Waals surface area contributed by atoms with Gasteiger partial charge in [0.05, 0.1) is 18.1 Å². The van der Waals surface area contributed by atoms with Gasteiger partial charge >= 0.3 is 0 Å². The average Bonchev–Trinajstić information content (AvgIpc) is 3.17. The van der Waals surface area contributed by atoms with Crippen LogP contribution in [0.1, 0.15) is 35.5 Å². The Morgan fingerprint density at radius 3 is 2.90 bits per heavy atom. The van der Waals surface area contributed by atoms with Crippen molar-refractivity contribution in [1.29, 1.82) is 0 Å². The molecule has 0 aliphatic carbocycles. The van der Waals surface area contributed by atoms with E-state index >= 15 is 0 Å². The molecule has 3 atom stereocenters. The number of aryl methyl sites for hydroxylation is 2. The summed E-state index contributed by atoms with van der Waals surface area (Å²) in [4.78, 5) is 6.70. The van der Waals surface area contributed by atoms with Crippen molar-refractivity contribution in [2.45, 2.75) is 44.8 Å². The van der Waals surface area contributed by atoms with Crippen molar-refractivity contribution in [2.24, 2.45) is 0 Å². The van der Waals surface area contributed by atoms with Gasteiger partial charge in [0.15, 0.2) is 5.82 Å². The van der Waals surface area contributed by atoms with Gasteiger partial charge in [-0.2, -0.15) is 4.98 Å². The highest BCUT2D eigenvalue weighted by Gasteiger charge is 2.43. The first-order valence-electron chi connectivity index (χ1n) is 7.19. The molecule has 0 radical (unpaired) electrons. The van der Waals surface area contributed by atoms with Crippen LogP contribution in [0, 0.1) is 13.8 Å². The van der Waals surface area contributed by atoms with Crippen molar-refractivity contribution >= 4 is 16.5 Å². The number of nitrogens with zero attached hydrogens (tertiary/aromatic N) is 5. The fourth-order valence-corrected chi connectivity index (χ4v) is 3.98. The Labute approximate surface area is 126 Å². The van der Waals surface area contributed by atoms with Crippen molar-refractivity contribution in [2.75, 3.05) is 18.1 Å². The summed E-state index contributed by atoms with van der Waals surface area (Å²) >= 11 is 1.63. The lowest BCUT2D eigenvalue weighted by Crippen LogP contribution is -2.49. The molecule has 0 amide bonds. The molecule has 0 spiro atoms. The highest BCUT2D eigenvalue weighted by atomic mass is 32.1.